The first-order valence-electron chi connectivity index (χ1n) is 9.26. The summed E-state index contributed by atoms with van der Waals surface area (Å²) in [7, 11) is 0. The van der Waals surface area contributed by atoms with E-state index in [0.717, 1.165) is 36.8 Å². The van der Waals surface area contributed by atoms with Crippen LogP contribution < -0.4 is 0 Å². The van der Waals surface area contributed by atoms with E-state index in [1.54, 1.807) is 4.90 Å². The average molecular weight is 341 g/mol. The summed E-state index contributed by atoms with van der Waals surface area (Å²) in [5.41, 5.74) is 2.27. The maximum atomic E-state index is 12.9. The molecule has 0 bridgehead atoms. The number of hydrogen-bond donors (Lipinski definition) is 1. The lowest BCUT2D eigenvalue weighted by atomic mass is 9.89. The van der Waals surface area contributed by atoms with Crippen LogP contribution in [0, 0.1) is 12.8 Å². The van der Waals surface area contributed by atoms with Crippen LogP contribution in [0.4, 0.5) is 0 Å². The Morgan fingerprint density at radius 3 is 2.48 bits per heavy atom. The summed E-state index contributed by atoms with van der Waals surface area (Å²) in [5, 5.41) is 10.6. The topological polar surface area (TPSA) is 57.6 Å². The van der Waals surface area contributed by atoms with Gasteiger partial charge in [-0.25, -0.2) is 0 Å². The largest absolute Gasteiger partial charge is 0.503 e. The van der Waals surface area contributed by atoms with E-state index in [4.69, 9.17) is 0 Å². The van der Waals surface area contributed by atoms with E-state index in [1.807, 2.05) is 45.0 Å². The molecule has 1 aliphatic carbocycles. The molecule has 4 nitrogen and oxygen atoms in total. The fourth-order valence-corrected chi connectivity index (χ4v) is 4.15. The molecular weight excluding hydrogens is 314 g/mol. The molecule has 1 amide bonds. The Morgan fingerprint density at radius 1 is 1.24 bits per heavy atom. The molecule has 3 rings (SSSR count). The number of rotatable bonds is 5. The molecular formula is C21H27NO3. The maximum absolute atomic E-state index is 12.9. The fraction of sp³-hybridized carbons (Fsp3) is 0.524. The van der Waals surface area contributed by atoms with Gasteiger partial charge in [-0.3, -0.25) is 9.59 Å². The smallest absolute Gasteiger partial charge is 0.290 e. The highest BCUT2D eigenvalue weighted by Crippen LogP contribution is 2.43. The molecule has 1 N–H and O–H groups in total. The van der Waals surface area contributed by atoms with Crippen molar-refractivity contribution >= 4 is 11.7 Å². The van der Waals surface area contributed by atoms with Gasteiger partial charge in [-0.2, -0.15) is 0 Å². The zero-order chi connectivity index (χ0) is 18.1. The zero-order valence-electron chi connectivity index (χ0n) is 15.3. The average Bonchev–Trinajstić information content (AvgIpc) is 3.15. The van der Waals surface area contributed by atoms with E-state index < -0.39 is 6.04 Å². The molecule has 1 fully saturated rings. The van der Waals surface area contributed by atoms with Crippen LogP contribution in [0.2, 0.25) is 0 Å². The Morgan fingerprint density at radius 2 is 1.88 bits per heavy atom. The van der Waals surface area contributed by atoms with Gasteiger partial charge in [-0.1, -0.05) is 51.0 Å². The quantitative estimate of drug-likeness (QED) is 0.871. The minimum atomic E-state index is -0.456. The molecule has 1 aromatic rings. The second-order valence-electron chi connectivity index (χ2n) is 7.69. The van der Waals surface area contributed by atoms with Crippen LogP contribution in [0.1, 0.15) is 63.1 Å². The molecule has 0 spiro atoms. The SMILES string of the molecule is Cc1ccccc1C1C(C(=O)CC(C)C)=C(O)C(=O)N1C1CCCC1. The monoisotopic (exact) mass is 341 g/mol. The Labute approximate surface area is 149 Å². The van der Waals surface area contributed by atoms with E-state index in [2.05, 4.69) is 0 Å². The van der Waals surface area contributed by atoms with Crippen LogP contribution >= 0.6 is 0 Å². The van der Waals surface area contributed by atoms with Crippen LogP contribution in [0.3, 0.4) is 0 Å². The van der Waals surface area contributed by atoms with Crippen molar-refractivity contribution in [3.05, 3.63) is 46.7 Å². The second kappa shape index (κ2) is 7.03. The Kier molecular flexibility index (Phi) is 4.98. The summed E-state index contributed by atoms with van der Waals surface area (Å²) in [6.07, 6.45) is 4.39. The Bertz CT molecular complexity index is 714. The van der Waals surface area contributed by atoms with Gasteiger partial charge in [0, 0.05) is 12.5 Å². The molecule has 1 aliphatic heterocycles. The number of nitrogens with zero attached hydrogens (tertiary/aromatic N) is 1. The standard InChI is InChI=1S/C21H27NO3/c1-13(2)12-17(23)18-19(16-11-7-4-8-14(16)3)22(21(25)20(18)24)15-9-5-6-10-15/h4,7-8,11,13,15,19,24H,5-6,9-10,12H2,1-3H3. The molecule has 1 aromatic carbocycles. The van der Waals surface area contributed by atoms with Gasteiger partial charge in [0.1, 0.15) is 0 Å². The van der Waals surface area contributed by atoms with Crippen molar-refractivity contribution in [2.75, 3.05) is 0 Å². The number of aliphatic hydroxyl groups is 1. The number of ketones is 1. The fourth-order valence-electron chi connectivity index (χ4n) is 4.15. The lowest BCUT2D eigenvalue weighted by molar-refractivity contribution is -0.131. The van der Waals surface area contributed by atoms with Crippen LogP contribution in [0.25, 0.3) is 0 Å². The third-order valence-electron chi connectivity index (χ3n) is 5.34. The highest BCUT2D eigenvalue weighted by atomic mass is 16.3. The summed E-state index contributed by atoms with van der Waals surface area (Å²) in [5.74, 6) is -0.659. The first kappa shape index (κ1) is 17.7. The van der Waals surface area contributed by atoms with Gasteiger partial charge >= 0.3 is 0 Å². The van der Waals surface area contributed by atoms with E-state index in [0.29, 0.717) is 12.0 Å². The lowest BCUT2D eigenvalue weighted by Crippen LogP contribution is -2.39. The van der Waals surface area contributed by atoms with Gasteiger partial charge in [-0.15, -0.1) is 0 Å². The lowest BCUT2D eigenvalue weighted by Gasteiger charge is -2.33. The molecule has 25 heavy (non-hydrogen) atoms. The number of aliphatic hydroxyl groups excluding tert-OH is 1. The number of Topliss-reactive ketones (excluding diaryl/α,β-unsaturated/α-hetero) is 1. The van der Waals surface area contributed by atoms with Crippen LogP contribution in [0.5, 0.6) is 0 Å². The number of carbonyl (C=O) groups excluding carboxylic acids is 2. The number of benzene rings is 1. The van der Waals surface area contributed by atoms with E-state index in [-0.39, 0.29) is 29.4 Å². The van der Waals surface area contributed by atoms with Crippen molar-refractivity contribution in [3.63, 3.8) is 0 Å². The van der Waals surface area contributed by atoms with Crippen molar-refractivity contribution in [2.24, 2.45) is 5.92 Å². The molecule has 0 aromatic heterocycles. The van der Waals surface area contributed by atoms with Gasteiger partial charge in [0.2, 0.25) is 0 Å². The highest BCUT2D eigenvalue weighted by Gasteiger charge is 2.47. The summed E-state index contributed by atoms with van der Waals surface area (Å²) in [6, 6.07) is 7.49. The van der Waals surface area contributed by atoms with Gasteiger partial charge in [0.25, 0.3) is 5.91 Å². The third kappa shape index (κ3) is 3.22. The summed E-state index contributed by atoms with van der Waals surface area (Å²) >= 11 is 0. The predicted octanol–water partition coefficient (Wildman–Crippen LogP) is 4.25. The van der Waals surface area contributed by atoms with Crippen molar-refractivity contribution in [1.29, 1.82) is 0 Å². The minimum Gasteiger partial charge on any atom is -0.503 e. The first-order valence-corrected chi connectivity index (χ1v) is 9.26. The molecule has 1 atom stereocenters. The van der Waals surface area contributed by atoms with Crippen molar-refractivity contribution < 1.29 is 14.7 Å². The normalized spacial score (nSPS) is 21.7. The molecule has 1 unspecified atom stereocenters. The van der Waals surface area contributed by atoms with Gasteiger partial charge in [0.05, 0.1) is 11.6 Å². The summed E-state index contributed by atoms with van der Waals surface area (Å²) < 4.78 is 0. The van der Waals surface area contributed by atoms with Gasteiger partial charge in [0.15, 0.2) is 11.5 Å². The minimum absolute atomic E-state index is 0.101. The summed E-state index contributed by atoms with van der Waals surface area (Å²) in [4.78, 5) is 27.5. The van der Waals surface area contributed by atoms with Gasteiger partial charge < -0.3 is 10.0 Å². The van der Waals surface area contributed by atoms with Crippen molar-refractivity contribution in [3.8, 4) is 0 Å². The van der Waals surface area contributed by atoms with Crippen molar-refractivity contribution in [2.45, 2.75) is 65.0 Å². The number of carbonyl (C=O) groups is 2. The molecule has 1 heterocycles. The number of aryl methyl sites for hydroxylation is 1. The van der Waals surface area contributed by atoms with Crippen LogP contribution in [-0.4, -0.2) is 27.7 Å². The number of amides is 1. The molecule has 0 saturated heterocycles. The molecule has 1 saturated carbocycles. The Hall–Kier alpha value is -2.10. The highest BCUT2D eigenvalue weighted by molar-refractivity contribution is 6.09. The van der Waals surface area contributed by atoms with Gasteiger partial charge in [-0.05, 0) is 36.8 Å². The number of hydrogen-bond acceptors (Lipinski definition) is 3. The third-order valence-corrected chi connectivity index (χ3v) is 5.34. The second-order valence-corrected chi connectivity index (χ2v) is 7.69. The predicted molar refractivity (Wildman–Crippen MR) is 97.1 cm³/mol. The van der Waals surface area contributed by atoms with E-state index in [9.17, 15) is 14.7 Å². The van der Waals surface area contributed by atoms with Crippen LogP contribution in [-0.2, 0) is 9.59 Å². The summed E-state index contributed by atoms with van der Waals surface area (Å²) in [6.45, 7) is 5.94. The molecule has 4 heteroatoms. The molecule has 2 aliphatic rings. The van der Waals surface area contributed by atoms with E-state index >= 15 is 0 Å². The first-order chi connectivity index (χ1) is 11.9. The van der Waals surface area contributed by atoms with Crippen LogP contribution in [0.15, 0.2) is 35.6 Å². The molecule has 134 valence electrons. The van der Waals surface area contributed by atoms with Crippen molar-refractivity contribution in [1.82, 2.24) is 4.90 Å². The molecule has 0 radical (unpaired) electrons. The maximum Gasteiger partial charge on any atom is 0.290 e. The van der Waals surface area contributed by atoms with E-state index in [1.165, 1.54) is 0 Å². The Balaban J connectivity index is 2.08. The zero-order valence-corrected chi connectivity index (χ0v) is 15.3.